The fourth-order valence-corrected chi connectivity index (χ4v) is 8.84. The van der Waals surface area contributed by atoms with Crippen LogP contribution >= 0.6 is 0 Å². The summed E-state index contributed by atoms with van der Waals surface area (Å²) < 4.78 is 30.0. The number of hydrogen-bond donors (Lipinski definition) is 2. The number of amides is 1. The first-order valence-electron chi connectivity index (χ1n) is 24.6. The first-order chi connectivity index (χ1) is 31.1. The van der Waals surface area contributed by atoms with Crippen molar-refractivity contribution in [1.82, 2.24) is 5.32 Å². The first-order valence-corrected chi connectivity index (χ1v) is 24.6. The van der Waals surface area contributed by atoms with E-state index in [1.54, 1.807) is 13.8 Å². The number of aliphatic hydroxyl groups excluding tert-OH is 1. The van der Waals surface area contributed by atoms with Crippen molar-refractivity contribution in [2.24, 2.45) is 0 Å². The fraction of sp³-hybridized carbons (Fsp3) is 0.611. The molecule has 0 spiro atoms. The van der Waals surface area contributed by atoms with Gasteiger partial charge in [0.05, 0.1) is 13.0 Å². The molecule has 3 aromatic carbocycles. The molecule has 0 bridgehead atoms. The summed E-state index contributed by atoms with van der Waals surface area (Å²) in [6.45, 7) is 3.67. The lowest BCUT2D eigenvalue weighted by molar-refractivity contribution is -0.365. The number of fused-ring (bicyclic) bond motifs is 1. The normalized spacial score (nSPS) is 20.8. The van der Waals surface area contributed by atoms with Gasteiger partial charge in [0.2, 0.25) is 5.91 Å². The number of aryl methyl sites for hydroxylation is 3. The SMILES string of the molecule is CC1(C)OC[C@H]2O[C@@H](O)[C@H](NC(=O)C[C@H](CCCCCCc3ccccc3)OC(=O)CCCCCCCCc3ccccc3)[C@@H](OC(=O)CCCCCCCCc3ccccc3)[C@@H]2O1. The minimum Gasteiger partial charge on any atom is -0.462 e. The zero-order valence-electron chi connectivity index (χ0n) is 38.8. The summed E-state index contributed by atoms with van der Waals surface area (Å²) in [7, 11) is 0. The Morgan fingerprint density at radius 1 is 0.641 bits per heavy atom. The largest absolute Gasteiger partial charge is 0.462 e. The predicted octanol–water partition coefficient (Wildman–Crippen LogP) is 10.7. The van der Waals surface area contributed by atoms with Gasteiger partial charge in [-0.2, -0.15) is 0 Å². The van der Waals surface area contributed by atoms with Gasteiger partial charge in [0.1, 0.15) is 24.4 Å². The van der Waals surface area contributed by atoms with E-state index < -0.39 is 54.4 Å². The van der Waals surface area contributed by atoms with Gasteiger partial charge in [-0.25, -0.2) is 0 Å². The maximum absolute atomic E-state index is 13.9. The number of unbranched alkanes of at least 4 members (excludes halogenated alkanes) is 13. The van der Waals surface area contributed by atoms with Gasteiger partial charge in [-0.3, -0.25) is 14.4 Å². The Bertz CT molecular complexity index is 1740. The average molecular weight is 884 g/mol. The van der Waals surface area contributed by atoms with Crippen molar-refractivity contribution in [2.75, 3.05) is 6.61 Å². The highest BCUT2D eigenvalue weighted by atomic mass is 16.7. The topological polar surface area (TPSA) is 130 Å². The number of nitrogens with one attached hydrogen (secondary N) is 1. The van der Waals surface area contributed by atoms with E-state index in [9.17, 15) is 19.5 Å². The van der Waals surface area contributed by atoms with E-state index in [1.807, 2.05) is 18.2 Å². The Morgan fingerprint density at radius 2 is 1.09 bits per heavy atom. The predicted molar refractivity (Wildman–Crippen MR) is 250 cm³/mol. The monoisotopic (exact) mass is 884 g/mol. The lowest BCUT2D eigenvalue weighted by Gasteiger charge is -2.49. The van der Waals surface area contributed by atoms with Crippen molar-refractivity contribution in [3.63, 3.8) is 0 Å². The van der Waals surface area contributed by atoms with E-state index in [1.165, 1.54) is 16.7 Å². The molecule has 0 saturated carbocycles. The highest BCUT2D eigenvalue weighted by Gasteiger charge is 2.53. The maximum atomic E-state index is 13.9. The molecule has 352 valence electrons. The molecule has 0 aliphatic carbocycles. The summed E-state index contributed by atoms with van der Waals surface area (Å²) in [4.78, 5) is 40.4. The molecule has 10 heteroatoms. The quantitative estimate of drug-likeness (QED) is 0.0496. The number of aliphatic hydroxyl groups is 1. The zero-order valence-corrected chi connectivity index (χ0v) is 38.8. The number of carbonyl (C=O) groups is 3. The van der Waals surface area contributed by atoms with Crippen LogP contribution in [-0.4, -0.2) is 72.1 Å². The molecule has 0 radical (unpaired) electrons. The lowest BCUT2D eigenvalue weighted by Crippen LogP contribution is -2.69. The molecule has 2 heterocycles. The second-order valence-electron chi connectivity index (χ2n) is 18.4. The van der Waals surface area contributed by atoms with Crippen LogP contribution in [0, 0.1) is 0 Å². The summed E-state index contributed by atoms with van der Waals surface area (Å²) in [5.41, 5.74) is 4.05. The molecule has 1 amide bonds. The van der Waals surface area contributed by atoms with Gasteiger partial charge < -0.3 is 34.1 Å². The first kappa shape index (κ1) is 50.9. The zero-order chi connectivity index (χ0) is 45.2. The van der Waals surface area contributed by atoms with Crippen LogP contribution < -0.4 is 5.32 Å². The summed E-state index contributed by atoms with van der Waals surface area (Å²) in [5, 5.41) is 14.2. The molecular formula is C54H77NO9. The fourth-order valence-electron chi connectivity index (χ4n) is 8.84. The van der Waals surface area contributed by atoms with Crippen LogP contribution in [0.4, 0.5) is 0 Å². The highest BCUT2D eigenvalue weighted by molar-refractivity contribution is 5.78. The second-order valence-corrected chi connectivity index (χ2v) is 18.4. The second kappa shape index (κ2) is 28.7. The van der Waals surface area contributed by atoms with Crippen LogP contribution in [0.15, 0.2) is 91.0 Å². The summed E-state index contributed by atoms with van der Waals surface area (Å²) in [6, 6.07) is 30.4. The van der Waals surface area contributed by atoms with Crippen LogP contribution in [0.5, 0.6) is 0 Å². The molecule has 10 nitrogen and oxygen atoms in total. The van der Waals surface area contributed by atoms with E-state index in [4.69, 9.17) is 23.7 Å². The van der Waals surface area contributed by atoms with Crippen molar-refractivity contribution in [2.45, 2.75) is 204 Å². The maximum Gasteiger partial charge on any atom is 0.306 e. The summed E-state index contributed by atoms with van der Waals surface area (Å²) >= 11 is 0. The molecule has 2 fully saturated rings. The smallest absolute Gasteiger partial charge is 0.306 e. The lowest BCUT2D eigenvalue weighted by atomic mass is 9.94. The van der Waals surface area contributed by atoms with Gasteiger partial charge in [-0.15, -0.1) is 0 Å². The molecule has 5 rings (SSSR count). The minimum absolute atomic E-state index is 0.0873. The van der Waals surface area contributed by atoms with E-state index in [-0.39, 0.29) is 25.4 Å². The Labute approximate surface area is 383 Å². The molecule has 0 unspecified atom stereocenters. The highest BCUT2D eigenvalue weighted by Crippen LogP contribution is 2.34. The van der Waals surface area contributed by atoms with Crippen molar-refractivity contribution in [3.8, 4) is 0 Å². The number of esters is 2. The Hall–Kier alpha value is -4.09. The summed E-state index contributed by atoms with van der Waals surface area (Å²) in [6.07, 6.45) is 15.6. The van der Waals surface area contributed by atoms with Crippen LogP contribution in [0.1, 0.15) is 159 Å². The molecule has 2 aliphatic rings. The van der Waals surface area contributed by atoms with Gasteiger partial charge in [0.25, 0.3) is 0 Å². The van der Waals surface area contributed by atoms with Crippen LogP contribution in [-0.2, 0) is 57.3 Å². The molecule has 2 saturated heterocycles. The van der Waals surface area contributed by atoms with Gasteiger partial charge in [-0.05, 0) is 94.7 Å². The van der Waals surface area contributed by atoms with Crippen molar-refractivity contribution in [3.05, 3.63) is 108 Å². The molecule has 2 N–H and O–H groups in total. The third-order valence-electron chi connectivity index (χ3n) is 12.4. The Kier molecular flexibility index (Phi) is 22.9. The molecule has 3 aromatic rings. The van der Waals surface area contributed by atoms with Gasteiger partial charge in [0, 0.05) is 12.8 Å². The number of benzene rings is 3. The molecule has 64 heavy (non-hydrogen) atoms. The standard InChI is InChI=1S/C54H77NO9/c1-54(2)60-41-46-51(64-54)52(63-49(58)39-27-10-6-4-8-17-29-43-33-21-14-22-34-43)50(53(59)62-46)55-47(56)40-45(37-25-12-11-18-30-44-35-23-15-24-36-44)61-48(57)38-26-9-5-3-7-16-28-42-31-19-13-20-32-42/h13-15,19-24,31-36,45-46,50-53,59H,3-12,16-18,25-30,37-41H2,1-2H3,(H,55,56)/t45-,46+,50+,51+,52+,53+/m0/s1. The van der Waals surface area contributed by atoms with Gasteiger partial charge in [0.15, 0.2) is 18.2 Å². The third-order valence-corrected chi connectivity index (χ3v) is 12.4. The Balaban J connectivity index is 1.09. The van der Waals surface area contributed by atoms with Crippen LogP contribution in [0.25, 0.3) is 0 Å². The van der Waals surface area contributed by atoms with Crippen LogP contribution in [0.2, 0.25) is 0 Å². The van der Waals surface area contributed by atoms with Gasteiger partial charge >= 0.3 is 11.9 Å². The van der Waals surface area contributed by atoms with Crippen LogP contribution in [0.3, 0.4) is 0 Å². The van der Waals surface area contributed by atoms with E-state index in [2.05, 4.69) is 78.1 Å². The van der Waals surface area contributed by atoms with Gasteiger partial charge in [-0.1, -0.05) is 155 Å². The van der Waals surface area contributed by atoms with E-state index in [0.717, 1.165) is 116 Å². The van der Waals surface area contributed by atoms with E-state index in [0.29, 0.717) is 19.3 Å². The number of ether oxygens (including phenoxy) is 5. The van der Waals surface area contributed by atoms with Crippen molar-refractivity contribution in [1.29, 1.82) is 0 Å². The van der Waals surface area contributed by atoms with E-state index >= 15 is 0 Å². The average Bonchev–Trinajstić information content (AvgIpc) is 3.29. The third kappa shape index (κ3) is 19.6. The minimum atomic E-state index is -1.48. The van der Waals surface area contributed by atoms with Crippen molar-refractivity contribution >= 4 is 17.8 Å². The molecular weight excluding hydrogens is 807 g/mol. The Morgan fingerprint density at radius 3 is 1.61 bits per heavy atom. The number of rotatable bonds is 30. The molecule has 6 atom stereocenters. The molecule has 2 aliphatic heterocycles. The number of hydrogen-bond acceptors (Lipinski definition) is 9. The summed E-state index contributed by atoms with van der Waals surface area (Å²) in [5.74, 6) is -2.13. The van der Waals surface area contributed by atoms with Crippen molar-refractivity contribution < 1.29 is 43.2 Å². The molecule has 0 aromatic heterocycles. The number of carbonyl (C=O) groups excluding carboxylic acids is 3.